The Morgan fingerprint density at radius 3 is 2.55 bits per heavy atom. The summed E-state index contributed by atoms with van der Waals surface area (Å²) in [6, 6.07) is 3.30. The number of hydrogen-bond donors (Lipinski definition) is 1. The standard InChI is InChI=1S/C13H17F4NO2/c1-3-18-11(7-20-8-13(15,16)17)10-6-9(14)4-5-12(10)19-2/h4-6,11,18H,3,7-8H2,1-2H3. The van der Waals surface area contributed by atoms with Crippen molar-refractivity contribution in [3.05, 3.63) is 29.6 Å². The molecule has 1 aromatic carbocycles. The van der Waals surface area contributed by atoms with Crippen molar-refractivity contribution in [1.82, 2.24) is 5.32 Å². The van der Waals surface area contributed by atoms with Crippen LogP contribution in [0.3, 0.4) is 0 Å². The number of methoxy groups -OCH3 is 1. The van der Waals surface area contributed by atoms with E-state index in [4.69, 9.17) is 4.74 Å². The molecule has 0 amide bonds. The summed E-state index contributed by atoms with van der Waals surface area (Å²) in [4.78, 5) is 0. The zero-order chi connectivity index (χ0) is 15.2. The van der Waals surface area contributed by atoms with E-state index in [1.807, 2.05) is 0 Å². The Morgan fingerprint density at radius 2 is 2.00 bits per heavy atom. The number of benzene rings is 1. The van der Waals surface area contributed by atoms with Crippen LogP contribution in [0.5, 0.6) is 5.75 Å². The molecule has 0 aliphatic heterocycles. The van der Waals surface area contributed by atoms with Gasteiger partial charge in [-0.25, -0.2) is 4.39 Å². The second kappa shape index (κ2) is 7.44. The van der Waals surface area contributed by atoms with Crippen LogP contribution in [0, 0.1) is 5.82 Å². The molecule has 0 aliphatic carbocycles. The number of halogens is 4. The summed E-state index contributed by atoms with van der Waals surface area (Å²) in [7, 11) is 1.41. The maximum atomic E-state index is 13.3. The predicted molar refractivity (Wildman–Crippen MR) is 66.2 cm³/mol. The Labute approximate surface area is 114 Å². The molecule has 1 N–H and O–H groups in total. The largest absolute Gasteiger partial charge is 0.496 e. The van der Waals surface area contributed by atoms with Crippen LogP contribution >= 0.6 is 0 Å². The number of nitrogens with one attached hydrogen (secondary N) is 1. The van der Waals surface area contributed by atoms with E-state index in [0.29, 0.717) is 17.9 Å². The van der Waals surface area contributed by atoms with Gasteiger partial charge in [-0.05, 0) is 24.7 Å². The topological polar surface area (TPSA) is 30.5 Å². The maximum Gasteiger partial charge on any atom is 0.411 e. The lowest BCUT2D eigenvalue weighted by Crippen LogP contribution is -2.28. The molecule has 0 fully saturated rings. The molecular weight excluding hydrogens is 278 g/mol. The van der Waals surface area contributed by atoms with E-state index in [-0.39, 0.29) is 6.61 Å². The first-order valence-corrected chi connectivity index (χ1v) is 6.08. The number of hydrogen-bond acceptors (Lipinski definition) is 3. The zero-order valence-electron chi connectivity index (χ0n) is 11.3. The Kier molecular flexibility index (Phi) is 6.22. The average molecular weight is 295 g/mol. The molecule has 0 saturated carbocycles. The molecular formula is C13H17F4NO2. The van der Waals surface area contributed by atoms with Gasteiger partial charge in [0.2, 0.25) is 0 Å². The van der Waals surface area contributed by atoms with Crippen LogP contribution in [0.1, 0.15) is 18.5 Å². The fourth-order valence-electron chi connectivity index (χ4n) is 1.78. The molecule has 0 bridgehead atoms. The van der Waals surface area contributed by atoms with Gasteiger partial charge in [-0.1, -0.05) is 6.92 Å². The van der Waals surface area contributed by atoms with E-state index >= 15 is 0 Å². The van der Waals surface area contributed by atoms with Crippen molar-refractivity contribution in [2.24, 2.45) is 0 Å². The Balaban J connectivity index is 2.82. The van der Waals surface area contributed by atoms with E-state index in [9.17, 15) is 17.6 Å². The molecule has 0 aliphatic rings. The summed E-state index contributed by atoms with van der Waals surface area (Å²) in [5.41, 5.74) is 0.427. The third-order valence-electron chi connectivity index (χ3n) is 2.57. The Bertz CT molecular complexity index is 423. The van der Waals surface area contributed by atoms with Gasteiger partial charge in [0.05, 0.1) is 19.8 Å². The van der Waals surface area contributed by atoms with Crippen LogP contribution < -0.4 is 10.1 Å². The van der Waals surface area contributed by atoms with E-state index in [1.54, 1.807) is 6.92 Å². The summed E-state index contributed by atoms with van der Waals surface area (Å²) >= 11 is 0. The highest BCUT2D eigenvalue weighted by Crippen LogP contribution is 2.27. The highest BCUT2D eigenvalue weighted by atomic mass is 19.4. The first-order chi connectivity index (χ1) is 9.37. The molecule has 0 saturated heterocycles. The number of likely N-dealkylation sites (N-methyl/N-ethyl adjacent to an activating group) is 1. The minimum Gasteiger partial charge on any atom is -0.496 e. The van der Waals surface area contributed by atoms with Gasteiger partial charge in [-0.15, -0.1) is 0 Å². The van der Waals surface area contributed by atoms with Crippen LogP contribution in [-0.4, -0.2) is 33.0 Å². The fraction of sp³-hybridized carbons (Fsp3) is 0.538. The summed E-state index contributed by atoms with van der Waals surface area (Å²) in [6.45, 7) is 0.724. The van der Waals surface area contributed by atoms with Crippen LogP contribution in [0.25, 0.3) is 0 Å². The summed E-state index contributed by atoms with van der Waals surface area (Å²) < 4.78 is 59.2. The van der Waals surface area contributed by atoms with E-state index in [2.05, 4.69) is 10.1 Å². The van der Waals surface area contributed by atoms with Crippen molar-refractivity contribution in [2.75, 3.05) is 26.9 Å². The number of ether oxygens (including phenoxy) is 2. The highest BCUT2D eigenvalue weighted by Gasteiger charge is 2.28. The fourth-order valence-corrected chi connectivity index (χ4v) is 1.78. The van der Waals surface area contributed by atoms with Crippen molar-refractivity contribution in [2.45, 2.75) is 19.1 Å². The van der Waals surface area contributed by atoms with Crippen LogP contribution in [0.2, 0.25) is 0 Å². The van der Waals surface area contributed by atoms with Crippen molar-refractivity contribution in [1.29, 1.82) is 0 Å². The first kappa shape index (κ1) is 16.7. The van der Waals surface area contributed by atoms with Crippen molar-refractivity contribution < 1.29 is 27.0 Å². The van der Waals surface area contributed by atoms with Gasteiger partial charge in [-0.3, -0.25) is 0 Å². The summed E-state index contributed by atoms with van der Waals surface area (Å²) in [5, 5.41) is 2.95. The molecule has 1 atom stereocenters. The SMILES string of the molecule is CCNC(COCC(F)(F)F)c1cc(F)ccc1OC. The second-order valence-electron chi connectivity index (χ2n) is 4.13. The van der Waals surface area contributed by atoms with Gasteiger partial charge in [0.15, 0.2) is 0 Å². The number of alkyl halides is 3. The van der Waals surface area contributed by atoms with Gasteiger partial charge in [-0.2, -0.15) is 13.2 Å². The first-order valence-electron chi connectivity index (χ1n) is 6.08. The lowest BCUT2D eigenvalue weighted by Gasteiger charge is -2.21. The summed E-state index contributed by atoms with van der Waals surface area (Å²) in [6.07, 6.45) is -4.39. The molecule has 1 unspecified atom stereocenters. The van der Waals surface area contributed by atoms with Crippen LogP contribution in [0.15, 0.2) is 18.2 Å². The quantitative estimate of drug-likeness (QED) is 0.784. The van der Waals surface area contributed by atoms with Gasteiger partial charge in [0.1, 0.15) is 18.2 Å². The van der Waals surface area contributed by atoms with Crippen molar-refractivity contribution in [3.8, 4) is 5.75 Å². The maximum absolute atomic E-state index is 13.3. The minimum atomic E-state index is -4.39. The van der Waals surface area contributed by atoms with Gasteiger partial charge < -0.3 is 14.8 Å². The summed E-state index contributed by atoms with van der Waals surface area (Å²) in [5.74, 6) is -0.0903. The zero-order valence-corrected chi connectivity index (χ0v) is 11.3. The molecule has 1 aromatic rings. The number of rotatable bonds is 7. The molecule has 0 aromatic heterocycles. The van der Waals surface area contributed by atoms with E-state index < -0.39 is 24.6 Å². The van der Waals surface area contributed by atoms with E-state index in [1.165, 1.54) is 25.3 Å². The normalized spacial score (nSPS) is 13.3. The van der Waals surface area contributed by atoms with E-state index in [0.717, 1.165) is 0 Å². The Morgan fingerprint density at radius 1 is 1.30 bits per heavy atom. The molecule has 0 spiro atoms. The third-order valence-corrected chi connectivity index (χ3v) is 2.57. The average Bonchev–Trinajstić information content (AvgIpc) is 2.36. The smallest absolute Gasteiger partial charge is 0.411 e. The van der Waals surface area contributed by atoms with Gasteiger partial charge in [0, 0.05) is 5.56 Å². The van der Waals surface area contributed by atoms with Crippen molar-refractivity contribution >= 4 is 0 Å². The monoisotopic (exact) mass is 295 g/mol. The van der Waals surface area contributed by atoms with Crippen molar-refractivity contribution in [3.63, 3.8) is 0 Å². The lowest BCUT2D eigenvalue weighted by molar-refractivity contribution is -0.175. The molecule has 0 radical (unpaired) electrons. The van der Waals surface area contributed by atoms with Gasteiger partial charge in [0.25, 0.3) is 0 Å². The molecule has 1 rings (SSSR count). The molecule has 114 valence electrons. The lowest BCUT2D eigenvalue weighted by atomic mass is 10.1. The minimum absolute atomic E-state index is 0.229. The van der Waals surface area contributed by atoms with Crippen LogP contribution in [-0.2, 0) is 4.74 Å². The predicted octanol–water partition coefficient (Wildman–Crippen LogP) is 3.06. The third kappa shape index (κ3) is 5.34. The highest BCUT2D eigenvalue weighted by molar-refractivity contribution is 5.36. The molecule has 3 nitrogen and oxygen atoms in total. The molecule has 0 heterocycles. The van der Waals surface area contributed by atoms with Gasteiger partial charge >= 0.3 is 6.18 Å². The molecule has 7 heteroatoms. The Hall–Kier alpha value is -1.34. The van der Waals surface area contributed by atoms with Crippen LogP contribution in [0.4, 0.5) is 17.6 Å². The molecule has 20 heavy (non-hydrogen) atoms. The second-order valence-corrected chi connectivity index (χ2v) is 4.13.